The number of amides is 2. The maximum atomic E-state index is 12.9. The number of aryl methyl sites for hydroxylation is 2. The zero-order valence-corrected chi connectivity index (χ0v) is 17.4. The van der Waals surface area contributed by atoms with Crippen molar-refractivity contribution in [3.8, 4) is 5.75 Å². The summed E-state index contributed by atoms with van der Waals surface area (Å²) in [5.74, 6) is -0.108. The van der Waals surface area contributed by atoms with Crippen LogP contribution < -0.4 is 10.1 Å². The number of halogens is 1. The quantitative estimate of drug-likeness (QED) is 0.744. The molecular formula is C20H25FN4O3S. The zero-order chi connectivity index (χ0) is 20.8. The van der Waals surface area contributed by atoms with E-state index in [0.29, 0.717) is 37.1 Å². The topological polar surface area (TPSA) is 74.8 Å². The van der Waals surface area contributed by atoms with Crippen molar-refractivity contribution in [2.24, 2.45) is 0 Å². The molecule has 7 nitrogen and oxygen atoms in total. The van der Waals surface area contributed by atoms with Gasteiger partial charge in [0.2, 0.25) is 5.91 Å². The molecule has 0 unspecified atom stereocenters. The normalized spacial score (nSPS) is 14.7. The highest BCUT2D eigenvalue weighted by atomic mass is 32.1. The number of nitrogens with one attached hydrogen (secondary N) is 1. The monoisotopic (exact) mass is 420 g/mol. The average molecular weight is 421 g/mol. The molecule has 1 aliphatic rings. The van der Waals surface area contributed by atoms with Gasteiger partial charge in [0, 0.05) is 31.1 Å². The Morgan fingerprint density at radius 1 is 1.21 bits per heavy atom. The highest BCUT2D eigenvalue weighted by molar-refractivity contribution is 7.15. The predicted molar refractivity (Wildman–Crippen MR) is 110 cm³/mol. The van der Waals surface area contributed by atoms with Crippen LogP contribution in [0.15, 0.2) is 24.3 Å². The van der Waals surface area contributed by atoms with Gasteiger partial charge in [0.1, 0.15) is 11.6 Å². The fraction of sp³-hybridized carbons (Fsp3) is 0.450. The molecular weight excluding hydrogens is 395 g/mol. The van der Waals surface area contributed by atoms with Crippen LogP contribution in [0.25, 0.3) is 0 Å². The molecule has 1 aromatic carbocycles. The van der Waals surface area contributed by atoms with Crippen molar-refractivity contribution in [2.75, 3.05) is 44.6 Å². The molecule has 0 spiro atoms. The Kier molecular flexibility index (Phi) is 7.16. The van der Waals surface area contributed by atoms with Crippen molar-refractivity contribution < 1.29 is 18.7 Å². The van der Waals surface area contributed by atoms with Crippen molar-refractivity contribution in [1.82, 2.24) is 14.8 Å². The summed E-state index contributed by atoms with van der Waals surface area (Å²) in [6, 6.07) is 5.57. The molecule has 2 aromatic rings. The second-order valence-corrected chi connectivity index (χ2v) is 8.03. The molecule has 29 heavy (non-hydrogen) atoms. The van der Waals surface area contributed by atoms with Gasteiger partial charge in [-0.3, -0.25) is 14.5 Å². The van der Waals surface area contributed by atoms with Gasteiger partial charge in [0.05, 0.1) is 12.2 Å². The van der Waals surface area contributed by atoms with Crippen LogP contribution in [-0.4, -0.2) is 65.9 Å². The Morgan fingerprint density at radius 2 is 1.90 bits per heavy atom. The van der Waals surface area contributed by atoms with Gasteiger partial charge in [-0.2, -0.15) is 0 Å². The maximum absolute atomic E-state index is 12.9. The lowest BCUT2D eigenvalue weighted by Crippen LogP contribution is -2.51. The number of benzene rings is 1. The molecule has 1 aliphatic heterocycles. The first-order valence-electron chi connectivity index (χ1n) is 9.59. The highest BCUT2D eigenvalue weighted by Gasteiger charge is 2.23. The first-order valence-corrected chi connectivity index (χ1v) is 10.4. The third-order valence-electron chi connectivity index (χ3n) is 4.74. The molecule has 2 amide bonds. The van der Waals surface area contributed by atoms with E-state index >= 15 is 0 Å². The minimum Gasteiger partial charge on any atom is -0.484 e. The smallest absolute Gasteiger partial charge is 0.260 e. The van der Waals surface area contributed by atoms with E-state index in [4.69, 9.17) is 4.74 Å². The summed E-state index contributed by atoms with van der Waals surface area (Å²) in [6.45, 7) is 6.54. The van der Waals surface area contributed by atoms with Crippen molar-refractivity contribution in [1.29, 1.82) is 0 Å². The third kappa shape index (κ3) is 5.98. The lowest BCUT2D eigenvalue weighted by molar-refractivity contribution is -0.135. The molecule has 0 bridgehead atoms. The largest absolute Gasteiger partial charge is 0.484 e. The van der Waals surface area contributed by atoms with Crippen LogP contribution >= 0.6 is 11.3 Å². The van der Waals surface area contributed by atoms with E-state index in [-0.39, 0.29) is 30.8 Å². The number of aromatic nitrogens is 1. The molecule has 0 radical (unpaired) electrons. The Morgan fingerprint density at radius 3 is 2.52 bits per heavy atom. The summed E-state index contributed by atoms with van der Waals surface area (Å²) in [6.07, 6.45) is 0.846. The standard InChI is InChI=1S/C20H25FN4O3S/c1-3-17-14(2)29-20(22-17)23-18(26)12-24-8-10-25(11-9-24)19(27)13-28-16-6-4-15(21)5-7-16/h4-7H,3,8-13H2,1-2H3,(H,22,23,26). The van der Waals surface area contributed by atoms with Gasteiger partial charge in [-0.1, -0.05) is 6.92 Å². The van der Waals surface area contributed by atoms with E-state index in [9.17, 15) is 14.0 Å². The Bertz CT molecular complexity index is 848. The van der Waals surface area contributed by atoms with E-state index in [2.05, 4.69) is 10.3 Å². The molecule has 0 saturated carbocycles. The van der Waals surface area contributed by atoms with Gasteiger partial charge in [0.15, 0.2) is 11.7 Å². The van der Waals surface area contributed by atoms with Crippen LogP contribution in [0.5, 0.6) is 5.75 Å². The number of piperazine rings is 1. The lowest BCUT2D eigenvalue weighted by Gasteiger charge is -2.34. The van der Waals surface area contributed by atoms with Gasteiger partial charge in [0.25, 0.3) is 5.91 Å². The van der Waals surface area contributed by atoms with E-state index < -0.39 is 0 Å². The van der Waals surface area contributed by atoms with Gasteiger partial charge in [-0.25, -0.2) is 9.37 Å². The number of nitrogens with zero attached hydrogens (tertiary/aromatic N) is 3. The van der Waals surface area contributed by atoms with Crippen molar-refractivity contribution in [2.45, 2.75) is 20.3 Å². The van der Waals surface area contributed by atoms with E-state index in [1.807, 2.05) is 18.7 Å². The molecule has 9 heteroatoms. The second-order valence-electron chi connectivity index (χ2n) is 6.82. The molecule has 1 fully saturated rings. The molecule has 3 rings (SSSR count). The maximum Gasteiger partial charge on any atom is 0.260 e. The third-order valence-corrected chi connectivity index (χ3v) is 5.67. The first kappa shape index (κ1) is 21.2. The minimum absolute atomic E-state index is 0.0880. The minimum atomic E-state index is -0.348. The van der Waals surface area contributed by atoms with Gasteiger partial charge < -0.3 is 15.0 Å². The molecule has 0 atom stereocenters. The molecule has 1 aromatic heterocycles. The number of thiazole rings is 1. The van der Waals surface area contributed by atoms with Gasteiger partial charge in [-0.05, 0) is 37.6 Å². The summed E-state index contributed by atoms with van der Waals surface area (Å²) in [4.78, 5) is 33.9. The summed E-state index contributed by atoms with van der Waals surface area (Å²) in [5.41, 5.74) is 1.01. The number of hydrogen-bond donors (Lipinski definition) is 1. The van der Waals surface area contributed by atoms with E-state index in [0.717, 1.165) is 17.0 Å². The average Bonchev–Trinajstić information content (AvgIpc) is 3.06. The Labute approximate surface area is 173 Å². The van der Waals surface area contributed by atoms with Crippen LogP contribution in [-0.2, 0) is 16.0 Å². The molecule has 1 saturated heterocycles. The lowest BCUT2D eigenvalue weighted by atomic mass is 10.3. The van der Waals surface area contributed by atoms with Crippen LogP contribution in [0.1, 0.15) is 17.5 Å². The molecule has 0 aliphatic carbocycles. The SMILES string of the molecule is CCc1nc(NC(=O)CN2CCN(C(=O)COc3ccc(F)cc3)CC2)sc1C. The molecule has 156 valence electrons. The summed E-state index contributed by atoms with van der Waals surface area (Å²) in [7, 11) is 0. The zero-order valence-electron chi connectivity index (χ0n) is 16.6. The fourth-order valence-corrected chi connectivity index (χ4v) is 4.01. The summed E-state index contributed by atoms with van der Waals surface area (Å²) >= 11 is 1.49. The molecule has 1 N–H and O–H groups in total. The van der Waals surface area contributed by atoms with Crippen molar-refractivity contribution in [3.05, 3.63) is 40.7 Å². The van der Waals surface area contributed by atoms with Gasteiger partial charge in [-0.15, -0.1) is 11.3 Å². The number of carbonyl (C=O) groups is 2. The van der Waals surface area contributed by atoms with Crippen LogP contribution in [0, 0.1) is 12.7 Å². The fourth-order valence-electron chi connectivity index (χ4n) is 3.09. The Balaban J connectivity index is 1.39. The van der Waals surface area contributed by atoms with E-state index in [1.165, 1.54) is 35.6 Å². The van der Waals surface area contributed by atoms with Crippen LogP contribution in [0.3, 0.4) is 0 Å². The highest BCUT2D eigenvalue weighted by Crippen LogP contribution is 2.22. The van der Waals surface area contributed by atoms with Crippen molar-refractivity contribution in [3.63, 3.8) is 0 Å². The number of rotatable bonds is 7. The van der Waals surface area contributed by atoms with Crippen LogP contribution in [0.4, 0.5) is 9.52 Å². The van der Waals surface area contributed by atoms with Crippen molar-refractivity contribution >= 4 is 28.3 Å². The van der Waals surface area contributed by atoms with Crippen LogP contribution in [0.2, 0.25) is 0 Å². The van der Waals surface area contributed by atoms with Gasteiger partial charge >= 0.3 is 0 Å². The first-order chi connectivity index (χ1) is 13.9. The number of anilines is 1. The second kappa shape index (κ2) is 9.80. The molecule has 2 heterocycles. The Hall–Kier alpha value is -2.52. The number of carbonyl (C=O) groups excluding carboxylic acids is 2. The number of hydrogen-bond acceptors (Lipinski definition) is 6. The predicted octanol–water partition coefficient (Wildman–Crippen LogP) is 2.31. The van der Waals surface area contributed by atoms with E-state index in [1.54, 1.807) is 4.90 Å². The number of ether oxygens (including phenoxy) is 1. The summed E-state index contributed by atoms with van der Waals surface area (Å²) < 4.78 is 18.3. The summed E-state index contributed by atoms with van der Waals surface area (Å²) in [5, 5.41) is 3.50.